The summed E-state index contributed by atoms with van der Waals surface area (Å²) < 4.78 is 36.7. The molecule has 1 aliphatic rings. The number of carboxylic acids is 1. The molecule has 0 bridgehead atoms. The zero-order valence-corrected chi connectivity index (χ0v) is 12.2. The minimum atomic E-state index is -5.08. The quantitative estimate of drug-likeness (QED) is 0.778. The van der Waals surface area contributed by atoms with Crippen LogP contribution >= 0.6 is 0 Å². The molecule has 0 aromatic rings. The van der Waals surface area contributed by atoms with Crippen LogP contribution in [0, 0.1) is 11.8 Å². The van der Waals surface area contributed by atoms with Gasteiger partial charge >= 0.3 is 18.1 Å². The lowest BCUT2D eigenvalue weighted by molar-refractivity contribution is -0.192. The fraction of sp³-hybridized carbons (Fsp3) is 0.846. The van der Waals surface area contributed by atoms with E-state index >= 15 is 0 Å². The highest BCUT2D eigenvalue weighted by atomic mass is 19.4. The molecular formula is C13H22F3NO4. The van der Waals surface area contributed by atoms with Gasteiger partial charge in [0.15, 0.2) is 0 Å². The lowest BCUT2D eigenvalue weighted by Gasteiger charge is -2.30. The molecule has 0 aromatic heterocycles. The number of nitrogens with one attached hydrogen (secondary N) is 1. The average Bonchev–Trinajstić information content (AvgIpc) is 2.39. The first kappa shape index (κ1) is 19.7. The van der Waals surface area contributed by atoms with Gasteiger partial charge in [-0.1, -0.05) is 13.3 Å². The second-order valence-corrected chi connectivity index (χ2v) is 4.73. The Morgan fingerprint density at radius 1 is 1.29 bits per heavy atom. The third-order valence-corrected chi connectivity index (χ3v) is 3.27. The number of alkyl halides is 3. The summed E-state index contributed by atoms with van der Waals surface area (Å²) in [6.07, 6.45) is -2.22. The summed E-state index contributed by atoms with van der Waals surface area (Å²) in [6.45, 7) is 6.65. The molecule has 0 amide bonds. The first-order valence-electron chi connectivity index (χ1n) is 6.88. The van der Waals surface area contributed by atoms with Crippen molar-refractivity contribution in [1.29, 1.82) is 0 Å². The number of carboxylic acid groups (broad SMARTS) is 1. The largest absolute Gasteiger partial charge is 0.490 e. The standard InChI is InChI=1S/C11H21NO2.C2HF3O2/c1-3-9-8-12-6-5-10(9)7-11(13)14-4-2;3-2(4,5)1(6)7/h9-10,12H,3-8H2,1-2H3;(H,6,7)/t9-,10+;/m1./s1. The van der Waals surface area contributed by atoms with Gasteiger partial charge in [-0.3, -0.25) is 4.79 Å². The number of piperidine rings is 1. The molecule has 0 radical (unpaired) electrons. The lowest BCUT2D eigenvalue weighted by Crippen LogP contribution is -2.37. The summed E-state index contributed by atoms with van der Waals surface area (Å²) in [5.41, 5.74) is 0. The number of ether oxygens (including phenoxy) is 1. The van der Waals surface area contributed by atoms with Gasteiger partial charge in [-0.15, -0.1) is 0 Å². The summed E-state index contributed by atoms with van der Waals surface area (Å²) in [5, 5.41) is 10.5. The average molecular weight is 313 g/mol. The Morgan fingerprint density at radius 2 is 1.86 bits per heavy atom. The Morgan fingerprint density at radius 3 is 2.29 bits per heavy atom. The fourth-order valence-electron chi connectivity index (χ4n) is 2.16. The number of hydrogen-bond acceptors (Lipinski definition) is 4. The third kappa shape index (κ3) is 8.54. The predicted molar refractivity (Wildman–Crippen MR) is 69.7 cm³/mol. The third-order valence-electron chi connectivity index (χ3n) is 3.27. The van der Waals surface area contributed by atoms with Gasteiger partial charge in [-0.2, -0.15) is 13.2 Å². The number of esters is 1. The minimum absolute atomic E-state index is 0.0298. The molecule has 124 valence electrons. The molecule has 8 heteroatoms. The van der Waals surface area contributed by atoms with Crippen LogP contribution in [0.4, 0.5) is 13.2 Å². The number of aliphatic carboxylic acids is 1. The SMILES string of the molecule is CCOC(=O)C[C@@H]1CCNC[C@H]1CC.O=C(O)C(F)(F)F. The molecule has 2 N–H and O–H groups in total. The fourth-order valence-corrected chi connectivity index (χ4v) is 2.16. The highest BCUT2D eigenvalue weighted by molar-refractivity contribution is 5.73. The van der Waals surface area contributed by atoms with E-state index in [1.165, 1.54) is 0 Å². The minimum Gasteiger partial charge on any atom is -0.475 e. The highest BCUT2D eigenvalue weighted by Crippen LogP contribution is 2.25. The van der Waals surface area contributed by atoms with Gasteiger partial charge in [0.25, 0.3) is 0 Å². The number of carbonyl (C=O) groups excluding carboxylic acids is 1. The van der Waals surface area contributed by atoms with E-state index in [-0.39, 0.29) is 5.97 Å². The molecular weight excluding hydrogens is 291 g/mol. The molecule has 0 saturated carbocycles. The molecule has 1 aliphatic heterocycles. The number of hydrogen-bond donors (Lipinski definition) is 2. The van der Waals surface area contributed by atoms with Crippen LogP contribution in [-0.4, -0.2) is 42.9 Å². The van der Waals surface area contributed by atoms with Crippen LogP contribution in [0.15, 0.2) is 0 Å². The van der Waals surface area contributed by atoms with Crippen molar-refractivity contribution in [2.24, 2.45) is 11.8 Å². The molecule has 1 fully saturated rings. The van der Waals surface area contributed by atoms with E-state index in [9.17, 15) is 18.0 Å². The Balaban J connectivity index is 0.000000486. The van der Waals surface area contributed by atoms with E-state index < -0.39 is 12.1 Å². The van der Waals surface area contributed by atoms with Crippen molar-refractivity contribution in [3.63, 3.8) is 0 Å². The van der Waals surface area contributed by atoms with E-state index in [1.54, 1.807) is 0 Å². The summed E-state index contributed by atoms with van der Waals surface area (Å²) in [4.78, 5) is 20.2. The second-order valence-electron chi connectivity index (χ2n) is 4.73. The molecule has 0 aliphatic carbocycles. The van der Waals surface area contributed by atoms with E-state index in [1.807, 2.05) is 6.92 Å². The predicted octanol–water partition coefficient (Wildman–Crippen LogP) is 2.21. The van der Waals surface area contributed by atoms with Crippen molar-refractivity contribution in [2.75, 3.05) is 19.7 Å². The van der Waals surface area contributed by atoms with E-state index in [0.29, 0.717) is 24.9 Å². The smallest absolute Gasteiger partial charge is 0.475 e. The molecule has 1 rings (SSSR count). The summed E-state index contributed by atoms with van der Waals surface area (Å²) >= 11 is 0. The maximum absolute atomic E-state index is 11.3. The van der Waals surface area contributed by atoms with Crippen molar-refractivity contribution < 1.29 is 32.6 Å². The van der Waals surface area contributed by atoms with Crippen molar-refractivity contribution in [3.05, 3.63) is 0 Å². The van der Waals surface area contributed by atoms with Crippen LogP contribution < -0.4 is 5.32 Å². The first-order chi connectivity index (χ1) is 9.72. The Kier molecular flexibility index (Phi) is 9.00. The molecule has 0 unspecified atom stereocenters. The second kappa shape index (κ2) is 9.59. The Bertz CT molecular complexity index is 334. The molecule has 1 heterocycles. The van der Waals surface area contributed by atoms with Crippen LogP contribution in [0.2, 0.25) is 0 Å². The Labute approximate surface area is 121 Å². The molecule has 1 saturated heterocycles. The molecule has 2 atom stereocenters. The molecule has 5 nitrogen and oxygen atoms in total. The molecule has 0 aromatic carbocycles. The summed E-state index contributed by atoms with van der Waals surface area (Å²) in [6, 6.07) is 0. The summed E-state index contributed by atoms with van der Waals surface area (Å²) in [5.74, 6) is -1.61. The zero-order valence-electron chi connectivity index (χ0n) is 12.2. The zero-order chi connectivity index (χ0) is 16.5. The van der Waals surface area contributed by atoms with Gasteiger partial charge in [0, 0.05) is 6.42 Å². The van der Waals surface area contributed by atoms with Gasteiger partial charge < -0.3 is 15.2 Å². The van der Waals surface area contributed by atoms with Crippen molar-refractivity contribution in [1.82, 2.24) is 5.32 Å². The van der Waals surface area contributed by atoms with Crippen molar-refractivity contribution in [2.45, 2.75) is 39.3 Å². The van der Waals surface area contributed by atoms with Crippen LogP contribution in [0.1, 0.15) is 33.1 Å². The van der Waals surface area contributed by atoms with Gasteiger partial charge in [-0.25, -0.2) is 4.79 Å². The maximum atomic E-state index is 11.3. The van der Waals surface area contributed by atoms with Crippen molar-refractivity contribution in [3.8, 4) is 0 Å². The number of halogens is 3. The topological polar surface area (TPSA) is 75.6 Å². The van der Waals surface area contributed by atoms with Gasteiger partial charge in [-0.05, 0) is 38.3 Å². The first-order valence-corrected chi connectivity index (χ1v) is 6.88. The van der Waals surface area contributed by atoms with Crippen LogP contribution in [0.25, 0.3) is 0 Å². The van der Waals surface area contributed by atoms with Crippen molar-refractivity contribution >= 4 is 11.9 Å². The van der Waals surface area contributed by atoms with Crippen LogP contribution in [0.3, 0.4) is 0 Å². The van der Waals surface area contributed by atoms with E-state index in [4.69, 9.17) is 14.6 Å². The van der Waals surface area contributed by atoms with E-state index in [2.05, 4.69) is 12.2 Å². The maximum Gasteiger partial charge on any atom is 0.490 e. The molecule has 0 spiro atoms. The molecule has 21 heavy (non-hydrogen) atoms. The normalized spacial score (nSPS) is 22.0. The highest BCUT2D eigenvalue weighted by Gasteiger charge is 2.38. The number of carbonyl (C=O) groups is 2. The lowest BCUT2D eigenvalue weighted by atomic mass is 9.82. The monoisotopic (exact) mass is 313 g/mol. The van der Waals surface area contributed by atoms with Crippen LogP contribution in [-0.2, 0) is 14.3 Å². The Hall–Kier alpha value is -1.31. The van der Waals surface area contributed by atoms with Crippen LogP contribution in [0.5, 0.6) is 0 Å². The number of rotatable bonds is 4. The van der Waals surface area contributed by atoms with Gasteiger partial charge in [0.2, 0.25) is 0 Å². The summed E-state index contributed by atoms with van der Waals surface area (Å²) in [7, 11) is 0. The van der Waals surface area contributed by atoms with Gasteiger partial charge in [0.05, 0.1) is 6.61 Å². The van der Waals surface area contributed by atoms with Gasteiger partial charge in [0.1, 0.15) is 0 Å². The van der Waals surface area contributed by atoms with E-state index in [0.717, 1.165) is 25.9 Å².